The number of nitrogens with two attached hydrogens (primary N) is 2. The van der Waals surface area contributed by atoms with Gasteiger partial charge >= 0.3 is 0 Å². The Morgan fingerprint density at radius 2 is 2.00 bits per heavy atom. The lowest BCUT2D eigenvalue weighted by atomic mass is 10.2. The molecule has 0 saturated carbocycles. The van der Waals surface area contributed by atoms with Crippen LogP contribution in [-0.2, 0) is 6.54 Å². The van der Waals surface area contributed by atoms with E-state index < -0.39 is 0 Å². The van der Waals surface area contributed by atoms with Crippen LogP contribution in [0.15, 0.2) is 18.2 Å². The molecule has 0 amide bonds. The zero-order valence-corrected chi connectivity index (χ0v) is 9.46. The van der Waals surface area contributed by atoms with E-state index in [2.05, 4.69) is 0 Å². The average Bonchev–Trinajstić information content (AvgIpc) is 2.26. The molecule has 1 aromatic carbocycles. The fourth-order valence-corrected chi connectivity index (χ4v) is 1.47. The number of hydrogen-bond donors (Lipinski definition) is 2. The fraction of sp³-hybridized carbons (Fsp3) is 0.455. The second-order valence-corrected chi connectivity index (χ2v) is 3.74. The van der Waals surface area contributed by atoms with Gasteiger partial charge in [-0.05, 0) is 37.6 Å². The molecule has 0 bridgehead atoms. The molecule has 0 aliphatic carbocycles. The first-order valence-electron chi connectivity index (χ1n) is 5.09. The second-order valence-electron chi connectivity index (χ2n) is 3.30. The van der Waals surface area contributed by atoms with Crippen molar-refractivity contribution in [2.24, 2.45) is 11.5 Å². The molecule has 0 heterocycles. The molecule has 1 rings (SSSR count). The second kappa shape index (κ2) is 6.67. The van der Waals surface area contributed by atoms with E-state index in [-0.39, 0.29) is 0 Å². The number of hydrogen-bond acceptors (Lipinski definition) is 3. The Kier molecular flexibility index (Phi) is 5.47. The smallest absolute Gasteiger partial charge is 0.123 e. The average molecular weight is 229 g/mol. The summed E-state index contributed by atoms with van der Waals surface area (Å²) in [4.78, 5) is 0. The summed E-state index contributed by atoms with van der Waals surface area (Å²) in [5.74, 6) is 0.818. The van der Waals surface area contributed by atoms with E-state index in [1.165, 1.54) is 0 Å². The normalized spacial score (nSPS) is 10.3. The molecule has 0 saturated heterocycles. The van der Waals surface area contributed by atoms with Gasteiger partial charge in [0.1, 0.15) is 5.75 Å². The van der Waals surface area contributed by atoms with E-state index in [9.17, 15) is 0 Å². The van der Waals surface area contributed by atoms with Crippen molar-refractivity contribution in [1.29, 1.82) is 0 Å². The van der Waals surface area contributed by atoms with Gasteiger partial charge in [0.15, 0.2) is 0 Å². The highest BCUT2D eigenvalue weighted by molar-refractivity contribution is 6.30. The molecule has 0 atom stereocenters. The van der Waals surface area contributed by atoms with Crippen molar-refractivity contribution in [3.05, 3.63) is 28.8 Å². The number of unbranched alkanes of at least 4 members (excludes halogenated alkanes) is 1. The maximum absolute atomic E-state index is 5.85. The molecule has 1 aromatic rings. The van der Waals surface area contributed by atoms with Crippen LogP contribution in [-0.4, -0.2) is 13.2 Å². The standard InChI is InChI=1S/C11H17ClN2O/c12-10-3-4-11(9(7-10)8-14)15-6-2-1-5-13/h3-4,7H,1-2,5-6,8,13-14H2. The first-order chi connectivity index (χ1) is 7.27. The lowest BCUT2D eigenvalue weighted by Crippen LogP contribution is -2.06. The van der Waals surface area contributed by atoms with Gasteiger partial charge in [0.05, 0.1) is 6.61 Å². The third-order valence-corrected chi connectivity index (χ3v) is 2.33. The van der Waals surface area contributed by atoms with E-state index in [0.29, 0.717) is 24.7 Å². The summed E-state index contributed by atoms with van der Waals surface area (Å²) in [5, 5.41) is 0.685. The predicted octanol–water partition coefficient (Wildman–Crippen LogP) is 1.92. The Hall–Kier alpha value is -0.770. The maximum Gasteiger partial charge on any atom is 0.123 e. The number of rotatable bonds is 6. The molecule has 0 aliphatic heterocycles. The van der Waals surface area contributed by atoms with Gasteiger partial charge in [-0.25, -0.2) is 0 Å². The van der Waals surface area contributed by atoms with Gasteiger partial charge in [-0.3, -0.25) is 0 Å². The van der Waals surface area contributed by atoms with Crippen molar-refractivity contribution in [1.82, 2.24) is 0 Å². The fourth-order valence-electron chi connectivity index (χ4n) is 1.28. The minimum atomic E-state index is 0.437. The van der Waals surface area contributed by atoms with E-state index in [4.69, 9.17) is 27.8 Å². The van der Waals surface area contributed by atoms with Crippen LogP contribution in [0.4, 0.5) is 0 Å². The molecular formula is C11H17ClN2O. The Balaban J connectivity index is 2.52. The molecule has 0 aliphatic rings. The molecule has 4 N–H and O–H groups in total. The van der Waals surface area contributed by atoms with Crippen molar-refractivity contribution < 1.29 is 4.74 Å². The monoisotopic (exact) mass is 228 g/mol. The van der Waals surface area contributed by atoms with Gasteiger partial charge < -0.3 is 16.2 Å². The zero-order valence-electron chi connectivity index (χ0n) is 8.71. The summed E-state index contributed by atoms with van der Waals surface area (Å²) in [7, 11) is 0. The summed E-state index contributed by atoms with van der Waals surface area (Å²) in [6.45, 7) is 1.81. The Morgan fingerprint density at radius 1 is 1.20 bits per heavy atom. The van der Waals surface area contributed by atoms with E-state index in [1.807, 2.05) is 12.1 Å². The topological polar surface area (TPSA) is 61.3 Å². The molecule has 0 spiro atoms. The van der Waals surface area contributed by atoms with Gasteiger partial charge in [-0.1, -0.05) is 11.6 Å². The molecule has 0 radical (unpaired) electrons. The van der Waals surface area contributed by atoms with Crippen LogP contribution in [0.5, 0.6) is 5.75 Å². The lowest BCUT2D eigenvalue weighted by Gasteiger charge is -2.10. The minimum absolute atomic E-state index is 0.437. The van der Waals surface area contributed by atoms with Crippen LogP contribution >= 0.6 is 11.6 Å². The van der Waals surface area contributed by atoms with Crippen molar-refractivity contribution in [3.63, 3.8) is 0 Å². The molecule has 15 heavy (non-hydrogen) atoms. The molecule has 3 nitrogen and oxygen atoms in total. The maximum atomic E-state index is 5.85. The van der Waals surface area contributed by atoms with Crippen LogP contribution in [0, 0.1) is 0 Å². The third-order valence-electron chi connectivity index (χ3n) is 2.10. The van der Waals surface area contributed by atoms with Gasteiger partial charge in [-0.15, -0.1) is 0 Å². The first-order valence-corrected chi connectivity index (χ1v) is 5.47. The summed E-state index contributed by atoms with van der Waals surface area (Å²) in [6.07, 6.45) is 1.94. The molecule has 84 valence electrons. The highest BCUT2D eigenvalue weighted by atomic mass is 35.5. The van der Waals surface area contributed by atoms with Gasteiger partial charge in [-0.2, -0.15) is 0 Å². The first kappa shape index (κ1) is 12.3. The van der Waals surface area contributed by atoms with Crippen molar-refractivity contribution in [2.45, 2.75) is 19.4 Å². The molecule has 0 fully saturated rings. The van der Waals surface area contributed by atoms with Crippen molar-refractivity contribution in [3.8, 4) is 5.75 Å². The summed E-state index contributed by atoms with van der Waals surface area (Å²) >= 11 is 5.85. The van der Waals surface area contributed by atoms with Crippen LogP contribution in [0.3, 0.4) is 0 Å². The Morgan fingerprint density at radius 3 is 2.67 bits per heavy atom. The molecule has 0 aromatic heterocycles. The Bertz CT molecular complexity index is 305. The van der Waals surface area contributed by atoms with Crippen molar-refractivity contribution >= 4 is 11.6 Å². The Labute approximate surface area is 95.4 Å². The molecule has 0 unspecified atom stereocenters. The largest absolute Gasteiger partial charge is 0.493 e. The van der Waals surface area contributed by atoms with Crippen LogP contribution < -0.4 is 16.2 Å². The molecule has 4 heteroatoms. The van der Waals surface area contributed by atoms with E-state index in [1.54, 1.807) is 6.07 Å². The van der Waals surface area contributed by atoms with Crippen LogP contribution in [0.2, 0.25) is 5.02 Å². The number of halogens is 1. The highest BCUT2D eigenvalue weighted by Crippen LogP contribution is 2.22. The van der Waals surface area contributed by atoms with E-state index >= 15 is 0 Å². The SMILES string of the molecule is NCCCCOc1ccc(Cl)cc1CN. The van der Waals surface area contributed by atoms with Crippen molar-refractivity contribution in [2.75, 3.05) is 13.2 Å². The van der Waals surface area contributed by atoms with Gasteiger partial charge in [0, 0.05) is 17.1 Å². The van der Waals surface area contributed by atoms with Crippen LogP contribution in [0.1, 0.15) is 18.4 Å². The quantitative estimate of drug-likeness (QED) is 0.732. The summed E-state index contributed by atoms with van der Waals surface area (Å²) in [5.41, 5.74) is 11.9. The van der Waals surface area contributed by atoms with Gasteiger partial charge in [0.2, 0.25) is 0 Å². The lowest BCUT2D eigenvalue weighted by molar-refractivity contribution is 0.305. The predicted molar refractivity (Wildman–Crippen MR) is 63.1 cm³/mol. The summed E-state index contributed by atoms with van der Waals surface area (Å²) < 4.78 is 5.59. The minimum Gasteiger partial charge on any atom is -0.493 e. The van der Waals surface area contributed by atoms with Gasteiger partial charge in [0.25, 0.3) is 0 Å². The zero-order chi connectivity index (χ0) is 11.1. The number of ether oxygens (including phenoxy) is 1. The highest BCUT2D eigenvalue weighted by Gasteiger charge is 2.02. The van der Waals surface area contributed by atoms with Crippen LogP contribution in [0.25, 0.3) is 0 Å². The molecular weight excluding hydrogens is 212 g/mol. The number of benzene rings is 1. The summed E-state index contributed by atoms with van der Waals surface area (Å²) in [6, 6.07) is 5.49. The third kappa shape index (κ3) is 4.08. The van der Waals surface area contributed by atoms with E-state index in [0.717, 1.165) is 24.2 Å².